The third-order valence-corrected chi connectivity index (χ3v) is 2.46. The van der Waals surface area contributed by atoms with E-state index in [9.17, 15) is 4.79 Å². The Morgan fingerprint density at radius 3 is 3.00 bits per heavy atom. The highest BCUT2D eigenvalue weighted by molar-refractivity contribution is 5.88. The first-order valence-corrected chi connectivity index (χ1v) is 5.28. The molecular weight excluding hydrogens is 222 g/mol. The van der Waals surface area contributed by atoms with Gasteiger partial charge in [-0.2, -0.15) is 0 Å². The predicted molar refractivity (Wildman–Crippen MR) is 58.5 cm³/mol. The van der Waals surface area contributed by atoms with Crippen molar-refractivity contribution in [2.45, 2.75) is 19.9 Å². The number of nitrogens with zero attached hydrogens (tertiary/aromatic N) is 3. The van der Waals surface area contributed by atoms with Crippen LogP contribution >= 0.6 is 0 Å². The van der Waals surface area contributed by atoms with Crippen molar-refractivity contribution in [2.75, 3.05) is 7.11 Å². The largest absolute Gasteiger partial charge is 0.472 e. The first-order chi connectivity index (χ1) is 8.26. The molecule has 0 saturated heterocycles. The molecule has 0 aliphatic carbocycles. The van der Waals surface area contributed by atoms with Crippen LogP contribution in [0.4, 0.5) is 0 Å². The number of carbonyl (C=O) groups excluding carboxylic acids is 1. The van der Waals surface area contributed by atoms with Gasteiger partial charge < -0.3 is 9.15 Å². The van der Waals surface area contributed by atoms with E-state index in [0.717, 1.165) is 11.3 Å². The van der Waals surface area contributed by atoms with Gasteiger partial charge in [-0.05, 0) is 12.5 Å². The number of carbonyl (C=O) groups is 1. The lowest BCUT2D eigenvalue weighted by atomic mass is 10.2. The maximum atomic E-state index is 11.5. The van der Waals surface area contributed by atoms with Crippen molar-refractivity contribution in [3.63, 3.8) is 0 Å². The molecule has 0 unspecified atom stereocenters. The van der Waals surface area contributed by atoms with Crippen LogP contribution in [0.15, 0.2) is 23.0 Å². The molecule has 0 aliphatic rings. The van der Waals surface area contributed by atoms with Crippen LogP contribution in [-0.4, -0.2) is 28.1 Å². The van der Waals surface area contributed by atoms with Gasteiger partial charge in [0.1, 0.15) is 0 Å². The number of rotatable bonds is 4. The highest BCUT2D eigenvalue weighted by atomic mass is 16.5. The summed E-state index contributed by atoms with van der Waals surface area (Å²) in [5.41, 5.74) is 2.01. The van der Waals surface area contributed by atoms with Gasteiger partial charge in [0.05, 0.1) is 31.9 Å². The molecule has 2 heterocycles. The summed E-state index contributed by atoms with van der Waals surface area (Å²) in [7, 11) is 1.33. The average Bonchev–Trinajstić information content (AvgIpc) is 2.97. The first-order valence-electron chi connectivity index (χ1n) is 5.28. The van der Waals surface area contributed by atoms with E-state index < -0.39 is 5.97 Å². The Kier molecular flexibility index (Phi) is 3.22. The Morgan fingerprint density at radius 1 is 1.59 bits per heavy atom. The second-order valence-electron chi connectivity index (χ2n) is 3.52. The van der Waals surface area contributed by atoms with E-state index in [0.29, 0.717) is 13.0 Å². The molecule has 0 aromatic carbocycles. The van der Waals surface area contributed by atoms with Crippen molar-refractivity contribution in [2.24, 2.45) is 0 Å². The Hall–Kier alpha value is -2.11. The molecule has 90 valence electrons. The lowest BCUT2D eigenvalue weighted by Gasteiger charge is -2.03. The van der Waals surface area contributed by atoms with Crippen LogP contribution in [0.3, 0.4) is 0 Å². The highest BCUT2D eigenvalue weighted by Crippen LogP contribution is 2.11. The molecular formula is C11H13N3O3. The molecule has 17 heavy (non-hydrogen) atoms. The van der Waals surface area contributed by atoms with Crippen LogP contribution in [0, 0.1) is 0 Å². The molecule has 2 aromatic heterocycles. The number of ether oxygens (including phenoxy) is 1. The molecule has 0 bridgehead atoms. The maximum Gasteiger partial charge on any atom is 0.360 e. The van der Waals surface area contributed by atoms with Crippen molar-refractivity contribution in [3.8, 4) is 0 Å². The zero-order valence-electron chi connectivity index (χ0n) is 9.71. The molecule has 0 atom stereocenters. The highest BCUT2D eigenvalue weighted by Gasteiger charge is 2.18. The number of furan rings is 1. The summed E-state index contributed by atoms with van der Waals surface area (Å²) in [5, 5.41) is 7.80. The Bertz CT molecular complexity index is 502. The molecule has 2 rings (SSSR count). The molecule has 6 nitrogen and oxygen atoms in total. The molecule has 0 amide bonds. The molecule has 0 N–H and O–H groups in total. The predicted octanol–water partition coefficient (Wildman–Crippen LogP) is 1.27. The standard InChI is InChI=1S/C11H13N3O3/c1-3-9-10(11(15)16-2)12-13-14(9)6-8-4-5-17-7-8/h4-5,7H,3,6H2,1-2H3. The number of aromatic nitrogens is 3. The fourth-order valence-corrected chi connectivity index (χ4v) is 1.62. The lowest BCUT2D eigenvalue weighted by molar-refractivity contribution is 0.0592. The Morgan fingerprint density at radius 2 is 2.41 bits per heavy atom. The van der Waals surface area contributed by atoms with Crippen molar-refractivity contribution in [3.05, 3.63) is 35.5 Å². The second kappa shape index (κ2) is 4.82. The maximum absolute atomic E-state index is 11.5. The third kappa shape index (κ3) is 2.20. The van der Waals surface area contributed by atoms with Gasteiger partial charge in [-0.25, -0.2) is 9.48 Å². The number of hydrogen-bond acceptors (Lipinski definition) is 5. The topological polar surface area (TPSA) is 70.2 Å². The van der Waals surface area contributed by atoms with Crippen LogP contribution in [-0.2, 0) is 17.7 Å². The fraction of sp³-hybridized carbons (Fsp3) is 0.364. The van der Waals surface area contributed by atoms with E-state index in [4.69, 9.17) is 4.42 Å². The zero-order chi connectivity index (χ0) is 12.3. The van der Waals surface area contributed by atoms with Crippen LogP contribution in [0.5, 0.6) is 0 Å². The van der Waals surface area contributed by atoms with Crippen molar-refractivity contribution < 1.29 is 13.9 Å². The van der Waals surface area contributed by atoms with E-state index in [-0.39, 0.29) is 5.69 Å². The second-order valence-corrected chi connectivity index (χ2v) is 3.52. The number of methoxy groups -OCH3 is 1. The minimum absolute atomic E-state index is 0.276. The summed E-state index contributed by atoms with van der Waals surface area (Å²) in [6.07, 6.45) is 3.90. The van der Waals surface area contributed by atoms with E-state index in [1.165, 1.54) is 7.11 Å². The van der Waals surface area contributed by atoms with Crippen LogP contribution in [0.25, 0.3) is 0 Å². The van der Waals surface area contributed by atoms with Crippen molar-refractivity contribution >= 4 is 5.97 Å². The van der Waals surface area contributed by atoms with Gasteiger partial charge in [-0.3, -0.25) is 0 Å². The van der Waals surface area contributed by atoms with E-state index >= 15 is 0 Å². The summed E-state index contributed by atoms with van der Waals surface area (Å²) in [6, 6.07) is 1.85. The van der Waals surface area contributed by atoms with Crippen LogP contribution in [0.2, 0.25) is 0 Å². The number of esters is 1. The molecule has 6 heteroatoms. The van der Waals surface area contributed by atoms with Gasteiger partial charge in [-0.1, -0.05) is 12.1 Å². The third-order valence-electron chi connectivity index (χ3n) is 2.46. The van der Waals surface area contributed by atoms with E-state index in [1.54, 1.807) is 17.2 Å². The quantitative estimate of drug-likeness (QED) is 0.746. The van der Waals surface area contributed by atoms with Gasteiger partial charge in [0, 0.05) is 5.56 Å². The van der Waals surface area contributed by atoms with E-state index in [2.05, 4.69) is 15.0 Å². The molecule has 0 radical (unpaired) electrons. The van der Waals surface area contributed by atoms with E-state index in [1.807, 2.05) is 13.0 Å². The fourth-order valence-electron chi connectivity index (χ4n) is 1.62. The SMILES string of the molecule is CCc1c(C(=O)OC)nnn1Cc1ccoc1. The summed E-state index contributed by atoms with van der Waals surface area (Å²) >= 11 is 0. The molecule has 0 spiro atoms. The van der Waals surface area contributed by atoms with Crippen LogP contribution < -0.4 is 0 Å². The molecule has 2 aromatic rings. The van der Waals surface area contributed by atoms with Gasteiger partial charge in [0.2, 0.25) is 0 Å². The monoisotopic (exact) mass is 235 g/mol. The summed E-state index contributed by atoms with van der Waals surface area (Å²) < 4.78 is 11.3. The molecule has 0 fully saturated rings. The van der Waals surface area contributed by atoms with Crippen molar-refractivity contribution in [1.29, 1.82) is 0 Å². The number of hydrogen-bond donors (Lipinski definition) is 0. The smallest absolute Gasteiger partial charge is 0.360 e. The molecule has 0 aliphatic heterocycles. The van der Waals surface area contributed by atoms with Gasteiger partial charge in [-0.15, -0.1) is 5.10 Å². The van der Waals surface area contributed by atoms with Crippen LogP contribution in [0.1, 0.15) is 28.7 Å². The minimum atomic E-state index is -0.458. The normalized spacial score (nSPS) is 10.5. The summed E-state index contributed by atoms with van der Waals surface area (Å²) in [5.74, 6) is -0.458. The molecule has 0 saturated carbocycles. The Labute approximate surface area is 98.2 Å². The van der Waals surface area contributed by atoms with Crippen molar-refractivity contribution in [1.82, 2.24) is 15.0 Å². The first kappa shape index (κ1) is 11.4. The zero-order valence-corrected chi connectivity index (χ0v) is 9.71. The van der Waals surface area contributed by atoms with Gasteiger partial charge in [0.15, 0.2) is 5.69 Å². The van der Waals surface area contributed by atoms with Gasteiger partial charge in [0.25, 0.3) is 0 Å². The van der Waals surface area contributed by atoms with Gasteiger partial charge >= 0.3 is 5.97 Å². The lowest BCUT2D eigenvalue weighted by Crippen LogP contribution is -2.09. The Balaban J connectivity index is 2.29. The average molecular weight is 235 g/mol. The summed E-state index contributed by atoms with van der Waals surface area (Å²) in [4.78, 5) is 11.5. The summed E-state index contributed by atoms with van der Waals surface area (Å²) in [6.45, 7) is 2.47. The minimum Gasteiger partial charge on any atom is -0.472 e.